The Morgan fingerprint density at radius 2 is 1.71 bits per heavy atom. The van der Waals surface area contributed by atoms with E-state index in [0.29, 0.717) is 38.2 Å². The quantitative estimate of drug-likeness (QED) is 0.333. The number of nitriles is 1. The molecule has 0 aliphatic heterocycles. The van der Waals surface area contributed by atoms with Crippen molar-refractivity contribution in [1.29, 1.82) is 5.26 Å². The molecule has 3 rings (SSSR count). The van der Waals surface area contributed by atoms with E-state index in [4.69, 9.17) is 37.8 Å². The molecule has 3 aromatic carbocycles. The first kappa shape index (κ1) is 22.2. The van der Waals surface area contributed by atoms with Crippen molar-refractivity contribution >= 4 is 40.8 Å². The SMILES string of the molecule is COc1cc(/C=C(/C#N)c2ccc(C(=O)O)cc2)cc(Cl)c1OCc1ccc(Cl)cc1. The molecule has 0 spiro atoms. The summed E-state index contributed by atoms with van der Waals surface area (Å²) in [6, 6.07) is 18.8. The van der Waals surface area contributed by atoms with Crippen LogP contribution in [0.15, 0.2) is 60.7 Å². The topological polar surface area (TPSA) is 79.5 Å². The molecule has 0 bridgehead atoms. The van der Waals surface area contributed by atoms with Crippen molar-refractivity contribution in [3.05, 3.63) is 93.0 Å². The Morgan fingerprint density at radius 1 is 1.06 bits per heavy atom. The van der Waals surface area contributed by atoms with Gasteiger partial charge < -0.3 is 14.6 Å². The Kier molecular flexibility index (Phi) is 7.19. The number of carbonyl (C=O) groups is 1. The van der Waals surface area contributed by atoms with Gasteiger partial charge >= 0.3 is 5.97 Å². The second-order valence-corrected chi connectivity index (χ2v) is 7.35. The minimum absolute atomic E-state index is 0.146. The van der Waals surface area contributed by atoms with Gasteiger partial charge in [0.05, 0.1) is 29.3 Å². The third-order valence-electron chi connectivity index (χ3n) is 4.42. The molecule has 0 aliphatic rings. The number of hydrogen-bond donors (Lipinski definition) is 1. The van der Waals surface area contributed by atoms with Gasteiger partial charge in [0.1, 0.15) is 6.61 Å². The van der Waals surface area contributed by atoms with E-state index in [1.54, 1.807) is 42.5 Å². The van der Waals surface area contributed by atoms with E-state index in [1.807, 2.05) is 12.1 Å². The molecule has 156 valence electrons. The predicted octanol–water partition coefficient (Wildman–Crippen LogP) is 6.34. The fourth-order valence-corrected chi connectivity index (χ4v) is 3.24. The molecular weight excluding hydrogens is 437 g/mol. The zero-order chi connectivity index (χ0) is 22.4. The van der Waals surface area contributed by atoms with E-state index in [0.717, 1.165) is 5.56 Å². The minimum atomic E-state index is -1.03. The molecule has 0 saturated carbocycles. The summed E-state index contributed by atoms with van der Waals surface area (Å²) >= 11 is 12.3. The van der Waals surface area contributed by atoms with Crippen molar-refractivity contribution in [2.75, 3.05) is 7.11 Å². The van der Waals surface area contributed by atoms with Crippen LogP contribution in [0, 0.1) is 11.3 Å². The molecule has 0 aromatic heterocycles. The molecular formula is C24H17Cl2NO4. The van der Waals surface area contributed by atoms with E-state index < -0.39 is 5.97 Å². The van der Waals surface area contributed by atoms with E-state index in [9.17, 15) is 10.1 Å². The zero-order valence-electron chi connectivity index (χ0n) is 16.4. The van der Waals surface area contributed by atoms with Crippen LogP contribution >= 0.6 is 23.2 Å². The largest absolute Gasteiger partial charge is 0.493 e. The zero-order valence-corrected chi connectivity index (χ0v) is 17.9. The Hall–Kier alpha value is -3.46. The van der Waals surface area contributed by atoms with Crippen LogP contribution in [-0.4, -0.2) is 18.2 Å². The average Bonchev–Trinajstić information content (AvgIpc) is 2.77. The van der Waals surface area contributed by atoms with Crippen LogP contribution in [0.4, 0.5) is 0 Å². The number of ether oxygens (including phenoxy) is 2. The molecule has 0 amide bonds. The maximum atomic E-state index is 11.0. The first-order valence-corrected chi connectivity index (χ1v) is 9.87. The van der Waals surface area contributed by atoms with E-state index in [-0.39, 0.29) is 12.2 Å². The number of allylic oxidation sites excluding steroid dienone is 1. The number of nitrogens with zero attached hydrogens (tertiary/aromatic N) is 1. The fourth-order valence-electron chi connectivity index (χ4n) is 2.84. The third kappa shape index (κ3) is 5.58. The molecule has 0 heterocycles. The highest BCUT2D eigenvalue weighted by molar-refractivity contribution is 6.32. The van der Waals surface area contributed by atoms with Crippen LogP contribution in [0.5, 0.6) is 11.5 Å². The molecule has 0 atom stereocenters. The summed E-state index contributed by atoms with van der Waals surface area (Å²) in [7, 11) is 1.50. The lowest BCUT2D eigenvalue weighted by atomic mass is 10.0. The summed E-state index contributed by atoms with van der Waals surface area (Å²) < 4.78 is 11.3. The number of methoxy groups -OCH3 is 1. The summed E-state index contributed by atoms with van der Waals surface area (Å²) in [5.41, 5.74) is 2.64. The van der Waals surface area contributed by atoms with Gasteiger partial charge in [0.25, 0.3) is 0 Å². The highest BCUT2D eigenvalue weighted by Gasteiger charge is 2.13. The highest BCUT2D eigenvalue weighted by atomic mass is 35.5. The van der Waals surface area contributed by atoms with Crippen LogP contribution in [0.25, 0.3) is 11.6 Å². The van der Waals surface area contributed by atoms with Crippen molar-refractivity contribution in [1.82, 2.24) is 0 Å². The first-order chi connectivity index (χ1) is 14.9. The van der Waals surface area contributed by atoms with Gasteiger partial charge in [-0.3, -0.25) is 0 Å². The van der Waals surface area contributed by atoms with Gasteiger partial charge in [-0.15, -0.1) is 0 Å². The second kappa shape index (κ2) is 10.0. The average molecular weight is 454 g/mol. The van der Waals surface area contributed by atoms with Crippen molar-refractivity contribution in [2.24, 2.45) is 0 Å². The lowest BCUT2D eigenvalue weighted by Crippen LogP contribution is -1.99. The van der Waals surface area contributed by atoms with Gasteiger partial charge in [0.2, 0.25) is 0 Å². The summed E-state index contributed by atoms with van der Waals surface area (Å²) in [6.07, 6.45) is 1.65. The summed E-state index contributed by atoms with van der Waals surface area (Å²) in [6.45, 7) is 0.280. The minimum Gasteiger partial charge on any atom is -0.493 e. The number of rotatable bonds is 7. The molecule has 0 radical (unpaired) electrons. The standard InChI is InChI=1S/C24H17Cl2NO4/c1-30-22-12-16(10-19(13-27)17-4-6-18(7-5-17)24(28)29)11-21(26)23(22)31-14-15-2-8-20(25)9-3-15/h2-12H,14H2,1H3,(H,28,29)/b19-10-. The summed E-state index contributed by atoms with van der Waals surface area (Å²) in [4.78, 5) is 11.0. The number of hydrogen-bond acceptors (Lipinski definition) is 4. The van der Waals surface area contributed by atoms with E-state index in [2.05, 4.69) is 6.07 Å². The van der Waals surface area contributed by atoms with Crippen molar-refractivity contribution in [3.8, 4) is 17.6 Å². The van der Waals surface area contributed by atoms with Crippen molar-refractivity contribution < 1.29 is 19.4 Å². The molecule has 0 saturated heterocycles. The van der Waals surface area contributed by atoms with Crippen molar-refractivity contribution in [2.45, 2.75) is 6.61 Å². The maximum Gasteiger partial charge on any atom is 0.335 e. The number of carboxylic acid groups (broad SMARTS) is 1. The molecule has 0 fully saturated rings. The van der Waals surface area contributed by atoms with Crippen LogP contribution in [0.1, 0.15) is 27.0 Å². The molecule has 5 nitrogen and oxygen atoms in total. The van der Waals surface area contributed by atoms with Crippen LogP contribution < -0.4 is 9.47 Å². The fraction of sp³-hybridized carbons (Fsp3) is 0.0833. The lowest BCUT2D eigenvalue weighted by Gasteiger charge is -2.14. The first-order valence-electron chi connectivity index (χ1n) is 9.11. The lowest BCUT2D eigenvalue weighted by molar-refractivity contribution is 0.0697. The highest BCUT2D eigenvalue weighted by Crippen LogP contribution is 2.38. The second-order valence-electron chi connectivity index (χ2n) is 6.50. The third-order valence-corrected chi connectivity index (χ3v) is 4.96. The van der Waals surface area contributed by atoms with Crippen molar-refractivity contribution in [3.63, 3.8) is 0 Å². The Labute approximate surface area is 189 Å². The summed E-state index contributed by atoms with van der Waals surface area (Å²) in [5, 5.41) is 19.6. The molecule has 7 heteroatoms. The molecule has 0 unspecified atom stereocenters. The summed E-state index contributed by atoms with van der Waals surface area (Å²) in [5.74, 6) is -0.216. The number of halogens is 2. The van der Waals surface area contributed by atoms with Crippen LogP contribution in [0.2, 0.25) is 10.0 Å². The van der Waals surface area contributed by atoms with E-state index in [1.165, 1.54) is 19.2 Å². The Morgan fingerprint density at radius 3 is 2.29 bits per heavy atom. The Bertz CT molecular complexity index is 1160. The number of benzene rings is 3. The van der Waals surface area contributed by atoms with Gasteiger partial charge in [-0.25, -0.2) is 4.79 Å². The Balaban J connectivity index is 1.87. The van der Waals surface area contributed by atoms with Gasteiger partial charge in [0.15, 0.2) is 11.5 Å². The normalized spacial score (nSPS) is 11.0. The number of carboxylic acids is 1. The molecule has 31 heavy (non-hydrogen) atoms. The predicted molar refractivity (Wildman–Crippen MR) is 121 cm³/mol. The van der Waals surface area contributed by atoms with Crippen LogP contribution in [-0.2, 0) is 6.61 Å². The van der Waals surface area contributed by atoms with Gasteiger partial charge in [-0.1, -0.05) is 47.5 Å². The molecule has 0 aliphatic carbocycles. The van der Waals surface area contributed by atoms with Gasteiger partial charge in [0, 0.05) is 5.02 Å². The maximum absolute atomic E-state index is 11.0. The van der Waals surface area contributed by atoms with E-state index >= 15 is 0 Å². The molecule has 1 N–H and O–H groups in total. The smallest absolute Gasteiger partial charge is 0.335 e. The number of aromatic carboxylic acids is 1. The van der Waals surface area contributed by atoms with Gasteiger partial charge in [-0.2, -0.15) is 5.26 Å². The monoisotopic (exact) mass is 453 g/mol. The van der Waals surface area contributed by atoms with Gasteiger partial charge in [-0.05, 0) is 59.2 Å². The van der Waals surface area contributed by atoms with Crippen LogP contribution in [0.3, 0.4) is 0 Å². The molecule has 3 aromatic rings.